The van der Waals surface area contributed by atoms with Crippen molar-refractivity contribution in [3.63, 3.8) is 0 Å². The normalized spacial score (nSPS) is 11.2. The minimum Gasteiger partial charge on any atom is -0.455 e. The van der Waals surface area contributed by atoms with Gasteiger partial charge < -0.3 is 10.5 Å². The predicted octanol–water partition coefficient (Wildman–Crippen LogP) is 3.66. The van der Waals surface area contributed by atoms with E-state index in [0.29, 0.717) is 11.1 Å². The standard InChI is InChI=1S/C20H24N2O3/c1-12-8-13(2)10-15(9-12)16(23)11-14-6-7-22-18(17(14)21)19(24)25-20(3,4)5/h6-10H,11,21H2,1-5H3. The molecule has 0 atom stereocenters. The van der Waals surface area contributed by atoms with Crippen molar-refractivity contribution in [1.82, 2.24) is 4.98 Å². The van der Waals surface area contributed by atoms with Crippen LogP contribution in [0.5, 0.6) is 0 Å². The highest BCUT2D eigenvalue weighted by molar-refractivity contribution is 6.00. The van der Waals surface area contributed by atoms with Gasteiger partial charge in [0.25, 0.3) is 0 Å². The summed E-state index contributed by atoms with van der Waals surface area (Å²) in [4.78, 5) is 28.8. The van der Waals surface area contributed by atoms with Crippen LogP contribution in [-0.4, -0.2) is 22.3 Å². The molecule has 25 heavy (non-hydrogen) atoms. The zero-order valence-electron chi connectivity index (χ0n) is 15.3. The van der Waals surface area contributed by atoms with Gasteiger partial charge in [-0.3, -0.25) is 4.79 Å². The van der Waals surface area contributed by atoms with E-state index in [1.54, 1.807) is 26.8 Å². The summed E-state index contributed by atoms with van der Waals surface area (Å²) in [5.41, 5.74) is 8.92. The highest BCUT2D eigenvalue weighted by Gasteiger charge is 2.22. The number of esters is 1. The number of benzene rings is 1. The Hall–Kier alpha value is -2.69. The van der Waals surface area contributed by atoms with Crippen LogP contribution in [0.25, 0.3) is 0 Å². The Kier molecular flexibility index (Phi) is 5.26. The first-order valence-electron chi connectivity index (χ1n) is 8.15. The van der Waals surface area contributed by atoms with Crippen molar-refractivity contribution in [1.29, 1.82) is 0 Å². The third kappa shape index (κ3) is 4.89. The number of hydrogen-bond donors (Lipinski definition) is 1. The lowest BCUT2D eigenvalue weighted by Crippen LogP contribution is -2.25. The Morgan fingerprint density at radius 3 is 2.28 bits per heavy atom. The van der Waals surface area contributed by atoms with E-state index in [0.717, 1.165) is 11.1 Å². The highest BCUT2D eigenvalue weighted by Crippen LogP contribution is 2.21. The molecule has 1 aromatic heterocycles. The predicted molar refractivity (Wildman–Crippen MR) is 97.8 cm³/mol. The van der Waals surface area contributed by atoms with Crippen LogP contribution >= 0.6 is 0 Å². The summed E-state index contributed by atoms with van der Waals surface area (Å²) in [5.74, 6) is -0.648. The molecule has 5 heteroatoms. The Balaban J connectivity index is 2.27. The van der Waals surface area contributed by atoms with Gasteiger partial charge in [0.1, 0.15) is 5.60 Å². The van der Waals surface area contributed by atoms with Crippen molar-refractivity contribution >= 4 is 17.4 Å². The van der Waals surface area contributed by atoms with Gasteiger partial charge in [0, 0.05) is 18.2 Å². The van der Waals surface area contributed by atoms with E-state index < -0.39 is 11.6 Å². The average molecular weight is 340 g/mol. The molecule has 5 nitrogen and oxygen atoms in total. The van der Waals surface area contributed by atoms with Crippen molar-refractivity contribution in [3.8, 4) is 0 Å². The number of nitrogens with two attached hydrogens (primary N) is 1. The summed E-state index contributed by atoms with van der Waals surface area (Å²) in [7, 11) is 0. The minimum atomic E-state index is -0.643. The van der Waals surface area contributed by atoms with Crippen LogP contribution in [0.15, 0.2) is 30.5 Å². The molecule has 0 fully saturated rings. The second kappa shape index (κ2) is 7.05. The first-order valence-corrected chi connectivity index (χ1v) is 8.15. The first kappa shape index (κ1) is 18.6. The summed E-state index contributed by atoms with van der Waals surface area (Å²) in [6, 6.07) is 7.37. The molecule has 0 unspecified atom stereocenters. The quantitative estimate of drug-likeness (QED) is 0.678. The number of aryl methyl sites for hydroxylation is 2. The Morgan fingerprint density at radius 2 is 1.72 bits per heavy atom. The SMILES string of the molecule is Cc1cc(C)cc(C(=O)Cc2ccnc(C(=O)OC(C)(C)C)c2N)c1. The van der Waals surface area contributed by atoms with Crippen molar-refractivity contribution in [3.05, 3.63) is 58.4 Å². The smallest absolute Gasteiger partial charge is 0.359 e. The highest BCUT2D eigenvalue weighted by atomic mass is 16.6. The topological polar surface area (TPSA) is 82.3 Å². The van der Waals surface area contributed by atoms with Gasteiger partial charge >= 0.3 is 5.97 Å². The molecule has 0 aliphatic rings. The Labute approximate surface area is 148 Å². The molecule has 132 valence electrons. The number of aromatic nitrogens is 1. The van der Waals surface area contributed by atoms with Crippen LogP contribution in [-0.2, 0) is 11.2 Å². The largest absolute Gasteiger partial charge is 0.455 e. The second-order valence-corrected chi connectivity index (χ2v) is 7.21. The van der Waals surface area contributed by atoms with Crippen molar-refractivity contribution < 1.29 is 14.3 Å². The third-order valence-electron chi connectivity index (χ3n) is 3.57. The summed E-state index contributed by atoms with van der Waals surface area (Å²) in [6.45, 7) is 9.22. The maximum atomic E-state index is 12.6. The van der Waals surface area contributed by atoms with Crippen LogP contribution in [0.2, 0.25) is 0 Å². The number of anilines is 1. The van der Waals surface area contributed by atoms with Gasteiger partial charge in [0.2, 0.25) is 0 Å². The number of nitrogen functional groups attached to an aromatic ring is 1. The fourth-order valence-corrected chi connectivity index (χ4v) is 2.57. The lowest BCUT2D eigenvalue weighted by molar-refractivity contribution is 0.00639. The maximum absolute atomic E-state index is 12.6. The molecule has 2 aromatic rings. The number of hydrogen-bond acceptors (Lipinski definition) is 5. The number of carbonyl (C=O) groups excluding carboxylic acids is 2. The fourth-order valence-electron chi connectivity index (χ4n) is 2.57. The Morgan fingerprint density at radius 1 is 1.12 bits per heavy atom. The maximum Gasteiger partial charge on any atom is 0.359 e. The number of rotatable bonds is 4. The van der Waals surface area contributed by atoms with Crippen LogP contribution in [0.1, 0.15) is 58.3 Å². The van der Waals surface area contributed by atoms with E-state index >= 15 is 0 Å². The second-order valence-electron chi connectivity index (χ2n) is 7.21. The zero-order chi connectivity index (χ0) is 18.8. The van der Waals surface area contributed by atoms with Gasteiger partial charge in [-0.1, -0.05) is 17.2 Å². The zero-order valence-corrected chi connectivity index (χ0v) is 15.3. The fraction of sp³-hybridized carbons (Fsp3) is 0.350. The molecule has 2 N–H and O–H groups in total. The van der Waals surface area contributed by atoms with Crippen LogP contribution in [0.3, 0.4) is 0 Å². The summed E-state index contributed by atoms with van der Waals surface area (Å²) in [5, 5.41) is 0. The molecule has 0 aliphatic heterocycles. The summed E-state index contributed by atoms with van der Waals surface area (Å²) in [6.07, 6.45) is 1.58. The van der Waals surface area contributed by atoms with Crippen molar-refractivity contribution in [2.75, 3.05) is 5.73 Å². The van der Waals surface area contributed by atoms with Gasteiger partial charge in [-0.2, -0.15) is 0 Å². The summed E-state index contributed by atoms with van der Waals surface area (Å²) >= 11 is 0. The monoisotopic (exact) mass is 340 g/mol. The lowest BCUT2D eigenvalue weighted by Gasteiger charge is -2.20. The third-order valence-corrected chi connectivity index (χ3v) is 3.57. The molecule has 1 heterocycles. The molecule has 0 spiro atoms. The van der Waals surface area contributed by atoms with Gasteiger partial charge in [-0.05, 0) is 58.4 Å². The van der Waals surface area contributed by atoms with Crippen LogP contribution < -0.4 is 5.73 Å². The van der Waals surface area contributed by atoms with Crippen LogP contribution in [0, 0.1) is 13.8 Å². The van der Waals surface area contributed by atoms with E-state index in [1.807, 2.05) is 32.0 Å². The first-order chi connectivity index (χ1) is 11.6. The number of ketones is 1. The van der Waals surface area contributed by atoms with Gasteiger partial charge in [-0.15, -0.1) is 0 Å². The number of pyridine rings is 1. The molecule has 0 bridgehead atoms. The van der Waals surface area contributed by atoms with Crippen molar-refractivity contribution in [2.24, 2.45) is 0 Å². The molecule has 0 saturated heterocycles. The van der Waals surface area contributed by atoms with Crippen molar-refractivity contribution in [2.45, 2.75) is 46.6 Å². The van der Waals surface area contributed by atoms with E-state index in [-0.39, 0.29) is 23.6 Å². The van der Waals surface area contributed by atoms with Gasteiger partial charge in [0.05, 0.1) is 5.69 Å². The number of Topliss-reactive ketones (excluding diaryl/α,β-unsaturated/α-hetero) is 1. The van der Waals surface area contributed by atoms with Gasteiger partial charge in [-0.25, -0.2) is 9.78 Å². The van der Waals surface area contributed by atoms with E-state index in [9.17, 15) is 9.59 Å². The molecule has 0 radical (unpaired) electrons. The van der Waals surface area contributed by atoms with E-state index in [1.165, 1.54) is 6.20 Å². The molecule has 2 rings (SSSR count). The average Bonchev–Trinajstić information content (AvgIpc) is 2.46. The molecular formula is C20H24N2O3. The van der Waals surface area contributed by atoms with Crippen LogP contribution in [0.4, 0.5) is 5.69 Å². The molecule has 1 aromatic carbocycles. The molecule has 0 aliphatic carbocycles. The van der Waals surface area contributed by atoms with Gasteiger partial charge in [0.15, 0.2) is 11.5 Å². The Bertz CT molecular complexity index is 800. The lowest BCUT2D eigenvalue weighted by atomic mass is 9.98. The summed E-state index contributed by atoms with van der Waals surface area (Å²) < 4.78 is 5.31. The molecule has 0 amide bonds. The number of carbonyl (C=O) groups is 2. The molecule has 0 saturated carbocycles. The molecular weight excluding hydrogens is 316 g/mol. The minimum absolute atomic E-state index is 0.0423. The van der Waals surface area contributed by atoms with E-state index in [2.05, 4.69) is 4.98 Å². The van der Waals surface area contributed by atoms with E-state index in [4.69, 9.17) is 10.5 Å². The number of ether oxygens (including phenoxy) is 1. The number of nitrogens with zero attached hydrogens (tertiary/aromatic N) is 1.